The van der Waals surface area contributed by atoms with Gasteiger partial charge in [0.15, 0.2) is 0 Å². The fourth-order valence-corrected chi connectivity index (χ4v) is 3.96. The van der Waals surface area contributed by atoms with E-state index in [0.717, 1.165) is 5.56 Å². The maximum atomic E-state index is 12.4. The number of carbonyl (C=O) groups excluding carboxylic acids is 1. The minimum absolute atomic E-state index is 0.218. The third kappa shape index (κ3) is 3.36. The Kier molecular flexibility index (Phi) is 4.86. The average molecular weight is 310 g/mol. The van der Waals surface area contributed by atoms with E-state index in [9.17, 15) is 9.36 Å². The molecular formula is C15H19O5P. The van der Waals surface area contributed by atoms with Crippen molar-refractivity contribution in [3.63, 3.8) is 0 Å². The lowest BCUT2D eigenvalue weighted by molar-refractivity contribution is -0.136. The van der Waals surface area contributed by atoms with Crippen LogP contribution in [0.25, 0.3) is 0 Å². The molecule has 0 aromatic heterocycles. The van der Waals surface area contributed by atoms with E-state index in [-0.39, 0.29) is 12.1 Å². The summed E-state index contributed by atoms with van der Waals surface area (Å²) in [4.78, 5) is 12.1. The van der Waals surface area contributed by atoms with E-state index in [4.69, 9.17) is 13.8 Å². The lowest BCUT2D eigenvalue weighted by Gasteiger charge is -2.17. The summed E-state index contributed by atoms with van der Waals surface area (Å²) in [6.07, 6.45) is 0.748. The Balaban J connectivity index is 2.50. The highest BCUT2D eigenvalue weighted by molar-refractivity contribution is 7.53. The van der Waals surface area contributed by atoms with Crippen molar-refractivity contribution in [2.24, 2.45) is 0 Å². The molecule has 0 radical (unpaired) electrons. The fraction of sp³-hybridized carbons (Fsp3) is 0.400. The number of rotatable bonds is 3. The molecule has 21 heavy (non-hydrogen) atoms. The first-order chi connectivity index (χ1) is 10.0. The van der Waals surface area contributed by atoms with Crippen LogP contribution in [-0.2, 0) is 23.1 Å². The molecule has 6 heteroatoms. The third-order valence-corrected chi connectivity index (χ3v) is 5.50. The Labute approximate surface area is 124 Å². The van der Waals surface area contributed by atoms with Crippen LogP contribution in [0.5, 0.6) is 0 Å². The molecule has 0 N–H and O–H groups in total. The molecule has 0 saturated carbocycles. The monoisotopic (exact) mass is 310 g/mol. The summed E-state index contributed by atoms with van der Waals surface area (Å²) < 4.78 is 27.8. The molecule has 1 heterocycles. The van der Waals surface area contributed by atoms with Crippen LogP contribution in [0.15, 0.2) is 41.7 Å². The Morgan fingerprint density at radius 3 is 2.52 bits per heavy atom. The van der Waals surface area contributed by atoms with Crippen molar-refractivity contribution in [1.82, 2.24) is 0 Å². The van der Waals surface area contributed by atoms with Gasteiger partial charge in [-0.1, -0.05) is 30.3 Å². The van der Waals surface area contributed by atoms with Crippen molar-refractivity contribution < 1.29 is 23.1 Å². The van der Waals surface area contributed by atoms with Gasteiger partial charge in [-0.25, -0.2) is 9.36 Å². The second-order valence-electron chi connectivity index (χ2n) is 4.82. The molecule has 0 aliphatic carbocycles. The summed E-state index contributed by atoms with van der Waals surface area (Å²) in [5.41, 5.74) is 1.36. The van der Waals surface area contributed by atoms with Crippen LogP contribution in [0.3, 0.4) is 0 Å². The standard InChI is InChI=1S/C15H19O5P/c1-11-14(15(16)18-2)13(12-7-5-4-6-8-12)9-10-21(17,19-3)20-11/h4-8,13H,9-10H2,1-3H3/t13-,21-/m0/s1. The van der Waals surface area contributed by atoms with Gasteiger partial charge >= 0.3 is 13.6 Å². The summed E-state index contributed by atoms with van der Waals surface area (Å²) in [6, 6.07) is 9.58. The van der Waals surface area contributed by atoms with Crippen molar-refractivity contribution in [1.29, 1.82) is 0 Å². The van der Waals surface area contributed by atoms with E-state index < -0.39 is 13.6 Å². The van der Waals surface area contributed by atoms with Crippen molar-refractivity contribution in [3.05, 3.63) is 47.2 Å². The van der Waals surface area contributed by atoms with Crippen LogP contribution in [0.4, 0.5) is 0 Å². The van der Waals surface area contributed by atoms with E-state index >= 15 is 0 Å². The number of allylic oxidation sites excluding steroid dienone is 1. The zero-order valence-corrected chi connectivity index (χ0v) is 13.3. The molecule has 1 aliphatic heterocycles. The minimum Gasteiger partial charge on any atom is -0.466 e. The van der Waals surface area contributed by atoms with Crippen LogP contribution >= 0.6 is 7.60 Å². The van der Waals surface area contributed by atoms with Gasteiger partial charge in [-0.05, 0) is 18.9 Å². The number of carbonyl (C=O) groups is 1. The SMILES string of the molecule is COC(=O)C1=C(C)O[P@@](=O)(OC)CC[C@H]1c1ccccc1. The van der Waals surface area contributed by atoms with E-state index in [1.165, 1.54) is 14.2 Å². The van der Waals surface area contributed by atoms with Crippen molar-refractivity contribution >= 4 is 13.6 Å². The largest absolute Gasteiger partial charge is 0.466 e. The normalized spacial score (nSPS) is 26.0. The molecule has 1 aliphatic rings. The molecule has 2 rings (SSSR count). The van der Waals surface area contributed by atoms with E-state index in [0.29, 0.717) is 17.8 Å². The van der Waals surface area contributed by atoms with Gasteiger partial charge < -0.3 is 13.8 Å². The zero-order valence-electron chi connectivity index (χ0n) is 12.4. The Morgan fingerprint density at radius 2 is 1.95 bits per heavy atom. The summed E-state index contributed by atoms with van der Waals surface area (Å²) in [7, 11) is -0.524. The number of hydrogen-bond acceptors (Lipinski definition) is 5. The van der Waals surface area contributed by atoms with Gasteiger partial charge in [0.25, 0.3) is 0 Å². The Hall–Kier alpha value is -1.58. The van der Waals surface area contributed by atoms with Gasteiger partial charge in [0.2, 0.25) is 0 Å². The summed E-state index contributed by atoms with van der Waals surface area (Å²) in [5, 5.41) is 0. The van der Waals surface area contributed by atoms with Crippen LogP contribution in [0, 0.1) is 0 Å². The molecule has 1 aromatic rings. The first-order valence-electron chi connectivity index (χ1n) is 6.69. The predicted molar refractivity (Wildman–Crippen MR) is 79.1 cm³/mol. The van der Waals surface area contributed by atoms with Gasteiger partial charge in [0, 0.05) is 13.0 Å². The maximum Gasteiger partial charge on any atom is 0.378 e. The van der Waals surface area contributed by atoms with Crippen molar-refractivity contribution in [2.45, 2.75) is 19.3 Å². The smallest absolute Gasteiger partial charge is 0.378 e. The summed E-state index contributed by atoms with van der Waals surface area (Å²) in [5.74, 6) is -0.381. The highest BCUT2D eigenvalue weighted by Gasteiger charge is 2.36. The second kappa shape index (κ2) is 6.46. The van der Waals surface area contributed by atoms with Crippen molar-refractivity contribution in [2.75, 3.05) is 20.4 Å². The van der Waals surface area contributed by atoms with E-state index in [1.54, 1.807) is 6.92 Å². The quantitative estimate of drug-likeness (QED) is 0.632. The number of hydrogen-bond donors (Lipinski definition) is 0. The Bertz CT molecular complexity index is 593. The zero-order chi connectivity index (χ0) is 15.5. The van der Waals surface area contributed by atoms with Crippen LogP contribution in [0.1, 0.15) is 24.8 Å². The molecule has 5 nitrogen and oxygen atoms in total. The molecule has 0 fully saturated rings. The van der Waals surface area contributed by atoms with Gasteiger partial charge in [0.1, 0.15) is 5.76 Å². The lowest BCUT2D eigenvalue weighted by atomic mass is 9.88. The highest BCUT2D eigenvalue weighted by atomic mass is 31.2. The molecular weight excluding hydrogens is 291 g/mol. The molecule has 1 aromatic carbocycles. The fourth-order valence-electron chi connectivity index (χ4n) is 2.52. The van der Waals surface area contributed by atoms with Crippen LogP contribution < -0.4 is 0 Å². The third-order valence-electron chi connectivity index (χ3n) is 3.58. The predicted octanol–water partition coefficient (Wildman–Crippen LogP) is 3.48. The van der Waals surface area contributed by atoms with Crippen LogP contribution in [-0.4, -0.2) is 26.4 Å². The van der Waals surface area contributed by atoms with Crippen molar-refractivity contribution in [3.8, 4) is 0 Å². The molecule has 0 bridgehead atoms. The molecule has 114 valence electrons. The number of benzene rings is 1. The number of ether oxygens (including phenoxy) is 1. The first-order valence-corrected chi connectivity index (χ1v) is 8.42. The molecule has 2 atom stereocenters. The Morgan fingerprint density at radius 1 is 1.29 bits per heavy atom. The summed E-state index contributed by atoms with van der Waals surface area (Å²) >= 11 is 0. The topological polar surface area (TPSA) is 61.8 Å². The van der Waals surface area contributed by atoms with E-state index in [1.807, 2.05) is 30.3 Å². The molecule has 0 unspecified atom stereocenters. The molecule has 0 amide bonds. The van der Waals surface area contributed by atoms with Gasteiger partial charge in [-0.15, -0.1) is 0 Å². The van der Waals surface area contributed by atoms with Gasteiger partial charge in [-0.2, -0.15) is 0 Å². The maximum absolute atomic E-state index is 12.4. The molecule has 0 spiro atoms. The molecule has 0 saturated heterocycles. The second-order valence-corrected chi connectivity index (χ2v) is 7.04. The first kappa shape index (κ1) is 15.8. The van der Waals surface area contributed by atoms with Gasteiger partial charge in [-0.3, -0.25) is 0 Å². The van der Waals surface area contributed by atoms with Gasteiger partial charge in [0.05, 0.1) is 18.8 Å². The average Bonchev–Trinajstić information content (AvgIpc) is 2.64. The van der Waals surface area contributed by atoms with Crippen LogP contribution in [0.2, 0.25) is 0 Å². The summed E-state index contributed by atoms with van der Waals surface area (Å²) in [6.45, 7) is 1.62. The highest BCUT2D eigenvalue weighted by Crippen LogP contribution is 2.54. The number of methoxy groups -OCH3 is 1. The lowest BCUT2D eigenvalue weighted by Crippen LogP contribution is -2.15. The minimum atomic E-state index is -3.20. The number of esters is 1. The van der Waals surface area contributed by atoms with E-state index in [2.05, 4.69) is 0 Å².